The second-order valence-corrected chi connectivity index (χ2v) is 4.59. The number of ether oxygens (including phenoxy) is 2. The summed E-state index contributed by atoms with van der Waals surface area (Å²) in [6.45, 7) is 3.96. The smallest absolute Gasteiger partial charge is 0.231 e. The Kier molecular flexibility index (Phi) is 2.91. The van der Waals surface area contributed by atoms with E-state index in [4.69, 9.17) is 21.1 Å². The van der Waals surface area contributed by atoms with E-state index in [0.717, 1.165) is 11.1 Å². The maximum absolute atomic E-state index is 13.5. The zero-order valence-corrected chi connectivity index (χ0v) is 10.7. The molecule has 1 heterocycles. The van der Waals surface area contributed by atoms with Gasteiger partial charge in [-0.05, 0) is 47.0 Å². The molecule has 0 aromatic heterocycles. The number of fused-ring (bicyclic) bond motifs is 1. The molecule has 1 aliphatic rings. The second kappa shape index (κ2) is 4.59. The summed E-state index contributed by atoms with van der Waals surface area (Å²) in [6, 6.07) is 8.03. The number of hydrogen-bond donors (Lipinski definition) is 0. The van der Waals surface area contributed by atoms with E-state index in [1.807, 2.05) is 12.1 Å². The highest BCUT2D eigenvalue weighted by atomic mass is 35.5. The molecule has 4 heteroatoms. The van der Waals surface area contributed by atoms with Crippen LogP contribution in [0.15, 0.2) is 36.9 Å². The third-order valence-electron chi connectivity index (χ3n) is 2.94. The quantitative estimate of drug-likeness (QED) is 0.803. The van der Waals surface area contributed by atoms with Gasteiger partial charge in [-0.3, -0.25) is 0 Å². The van der Waals surface area contributed by atoms with Crippen LogP contribution in [-0.4, -0.2) is 6.79 Å². The number of hydrogen-bond acceptors (Lipinski definition) is 2. The van der Waals surface area contributed by atoms with Crippen molar-refractivity contribution in [2.45, 2.75) is 0 Å². The van der Waals surface area contributed by atoms with Crippen LogP contribution in [0.1, 0.15) is 5.56 Å². The molecule has 0 amide bonds. The Morgan fingerprint density at radius 2 is 1.84 bits per heavy atom. The predicted octanol–water partition coefficient (Wildman–Crippen LogP) is 4.52. The molecule has 0 radical (unpaired) electrons. The topological polar surface area (TPSA) is 18.5 Å². The minimum Gasteiger partial charge on any atom is -0.454 e. The first kappa shape index (κ1) is 12.1. The van der Waals surface area contributed by atoms with E-state index in [9.17, 15) is 4.39 Å². The molecule has 1 aliphatic heterocycles. The molecule has 2 aromatic rings. The van der Waals surface area contributed by atoms with Crippen molar-refractivity contribution in [3.8, 4) is 22.6 Å². The summed E-state index contributed by atoms with van der Waals surface area (Å²) < 4.78 is 24.1. The first-order chi connectivity index (χ1) is 9.17. The predicted molar refractivity (Wildman–Crippen MR) is 73.1 cm³/mol. The highest BCUT2D eigenvalue weighted by Crippen LogP contribution is 2.39. The van der Waals surface area contributed by atoms with Crippen LogP contribution < -0.4 is 9.47 Å². The standard InChI is InChI=1S/C15H10ClFO2/c1-2-9-5-14-15(19-8-18-14)7-13(9)10-3-11(16)6-12(17)4-10/h2-7H,1,8H2. The summed E-state index contributed by atoms with van der Waals surface area (Å²) >= 11 is 5.89. The lowest BCUT2D eigenvalue weighted by Crippen LogP contribution is -1.92. The molecule has 2 aromatic carbocycles. The third kappa shape index (κ3) is 2.17. The molecule has 0 atom stereocenters. The monoisotopic (exact) mass is 276 g/mol. The van der Waals surface area contributed by atoms with Crippen LogP contribution >= 0.6 is 11.6 Å². The zero-order chi connectivity index (χ0) is 13.4. The van der Waals surface area contributed by atoms with Crippen molar-refractivity contribution < 1.29 is 13.9 Å². The van der Waals surface area contributed by atoms with Crippen molar-refractivity contribution in [3.05, 3.63) is 53.3 Å². The van der Waals surface area contributed by atoms with E-state index < -0.39 is 0 Å². The van der Waals surface area contributed by atoms with Crippen LogP contribution in [0.3, 0.4) is 0 Å². The summed E-state index contributed by atoms with van der Waals surface area (Å²) in [5, 5.41) is 0.350. The van der Waals surface area contributed by atoms with Crippen molar-refractivity contribution in [2.75, 3.05) is 6.79 Å². The van der Waals surface area contributed by atoms with E-state index >= 15 is 0 Å². The van der Waals surface area contributed by atoms with E-state index in [0.29, 0.717) is 22.1 Å². The van der Waals surface area contributed by atoms with Crippen molar-refractivity contribution in [2.24, 2.45) is 0 Å². The maximum Gasteiger partial charge on any atom is 0.231 e. The normalized spacial score (nSPS) is 12.5. The molecule has 0 saturated carbocycles. The molecular formula is C15H10ClFO2. The van der Waals surface area contributed by atoms with Crippen molar-refractivity contribution in [3.63, 3.8) is 0 Å². The van der Waals surface area contributed by atoms with Crippen molar-refractivity contribution >= 4 is 17.7 Å². The fraction of sp³-hybridized carbons (Fsp3) is 0.0667. The first-order valence-electron chi connectivity index (χ1n) is 5.70. The lowest BCUT2D eigenvalue weighted by atomic mass is 9.98. The van der Waals surface area contributed by atoms with Gasteiger partial charge in [-0.15, -0.1) is 0 Å². The summed E-state index contributed by atoms with van der Waals surface area (Å²) in [6.07, 6.45) is 1.69. The van der Waals surface area contributed by atoms with Gasteiger partial charge in [0.05, 0.1) is 0 Å². The van der Waals surface area contributed by atoms with Gasteiger partial charge in [0.15, 0.2) is 11.5 Å². The van der Waals surface area contributed by atoms with Crippen molar-refractivity contribution in [1.29, 1.82) is 0 Å². The van der Waals surface area contributed by atoms with Gasteiger partial charge in [0.25, 0.3) is 0 Å². The second-order valence-electron chi connectivity index (χ2n) is 4.15. The van der Waals surface area contributed by atoms with E-state index in [-0.39, 0.29) is 12.6 Å². The van der Waals surface area contributed by atoms with E-state index in [1.54, 1.807) is 12.1 Å². The van der Waals surface area contributed by atoms with Crippen LogP contribution in [-0.2, 0) is 0 Å². The fourth-order valence-electron chi connectivity index (χ4n) is 2.09. The van der Waals surface area contributed by atoms with Gasteiger partial charge >= 0.3 is 0 Å². The molecule has 3 rings (SSSR count). The Morgan fingerprint density at radius 3 is 2.53 bits per heavy atom. The van der Waals surface area contributed by atoms with Gasteiger partial charge < -0.3 is 9.47 Å². The number of halogens is 2. The van der Waals surface area contributed by atoms with Crippen LogP contribution in [0.5, 0.6) is 11.5 Å². The lowest BCUT2D eigenvalue weighted by Gasteiger charge is -2.09. The Labute approximate surface area is 115 Å². The largest absolute Gasteiger partial charge is 0.454 e. The van der Waals surface area contributed by atoms with Gasteiger partial charge in [-0.2, -0.15) is 0 Å². The lowest BCUT2D eigenvalue weighted by molar-refractivity contribution is 0.174. The summed E-state index contributed by atoms with van der Waals surface area (Å²) in [5.41, 5.74) is 2.32. The average molecular weight is 277 g/mol. The fourth-order valence-corrected chi connectivity index (χ4v) is 2.31. The highest BCUT2D eigenvalue weighted by molar-refractivity contribution is 6.30. The molecule has 96 valence electrons. The molecule has 19 heavy (non-hydrogen) atoms. The summed E-state index contributed by atoms with van der Waals surface area (Å²) in [5.74, 6) is 0.928. The zero-order valence-electron chi connectivity index (χ0n) is 9.95. The average Bonchev–Trinajstić information content (AvgIpc) is 2.83. The van der Waals surface area contributed by atoms with Gasteiger partial charge in [0.1, 0.15) is 5.82 Å². The Bertz CT molecular complexity index is 647. The van der Waals surface area contributed by atoms with Gasteiger partial charge in [0, 0.05) is 5.02 Å². The SMILES string of the molecule is C=Cc1cc2c(cc1-c1cc(F)cc(Cl)c1)OCO2. The third-order valence-corrected chi connectivity index (χ3v) is 3.16. The molecule has 0 bridgehead atoms. The summed E-state index contributed by atoms with van der Waals surface area (Å²) in [4.78, 5) is 0. The molecule has 0 unspecified atom stereocenters. The Hall–Kier alpha value is -2.00. The first-order valence-corrected chi connectivity index (χ1v) is 6.08. The number of benzene rings is 2. The number of rotatable bonds is 2. The minimum absolute atomic E-state index is 0.194. The Balaban J connectivity index is 2.21. The molecular weight excluding hydrogens is 267 g/mol. The molecule has 0 aliphatic carbocycles. The molecule has 0 saturated heterocycles. The van der Waals surface area contributed by atoms with Crippen LogP contribution in [0.4, 0.5) is 4.39 Å². The summed E-state index contributed by atoms with van der Waals surface area (Å²) in [7, 11) is 0. The van der Waals surface area contributed by atoms with Gasteiger partial charge in [0.2, 0.25) is 6.79 Å². The van der Waals surface area contributed by atoms with Crippen LogP contribution in [0.2, 0.25) is 5.02 Å². The van der Waals surface area contributed by atoms with Gasteiger partial charge in [-0.25, -0.2) is 4.39 Å². The van der Waals surface area contributed by atoms with Crippen LogP contribution in [0.25, 0.3) is 17.2 Å². The minimum atomic E-state index is -0.379. The van der Waals surface area contributed by atoms with Gasteiger partial charge in [-0.1, -0.05) is 24.3 Å². The molecule has 0 spiro atoms. The van der Waals surface area contributed by atoms with Crippen molar-refractivity contribution in [1.82, 2.24) is 0 Å². The van der Waals surface area contributed by atoms with E-state index in [2.05, 4.69) is 6.58 Å². The molecule has 0 fully saturated rings. The molecule has 2 nitrogen and oxygen atoms in total. The highest BCUT2D eigenvalue weighted by Gasteiger charge is 2.17. The van der Waals surface area contributed by atoms with E-state index in [1.165, 1.54) is 12.1 Å². The van der Waals surface area contributed by atoms with Crippen LogP contribution in [0, 0.1) is 5.82 Å². The Morgan fingerprint density at radius 1 is 1.11 bits per heavy atom. The maximum atomic E-state index is 13.5. The molecule has 0 N–H and O–H groups in total.